The van der Waals surface area contributed by atoms with E-state index in [4.69, 9.17) is 24.2 Å². The number of H-pyrrole nitrogens is 2. The summed E-state index contributed by atoms with van der Waals surface area (Å²) in [7, 11) is 4.38. The molecule has 0 unspecified atom stereocenters. The molecule has 4 aromatic carbocycles. The molecule has 3 aliphatic rings. The Labute approximate surface area is 376 Å². The van der Waals surface area contributed by atoms with Gasteiger partial charge in [0.1, 0.15) is 36.1 Å². The second-order valence-corrected chi connectivity index (χ2v) is 17.8. The number of likely N-dealkylation sites (N-methyl/N-ethyl adjacent to an activating group) is 1. The molecule has 0 spiro atoms. The Morgan fingerprint density at radius 2 is 1.75 bits per heavy atom. The van der Waals surface area contributed by atoms with E-state index in [2.05, 4.69) is 45.6 Å². The van der Waals surface area contributed by atoms with Gasteiger partial charge < -0.3 is 44.4 Å². The lowest BCUT2D eigenvalue weighted by molar-refractivity contribution is -0.140. The van der Waals surface area contributed by atoms with Crippen LogP contribution in [0.1, 0.15) is 80.9 Å². The van der Waals surface area contributed by atoms with Crippen molar-refractivity contribution < 1.29 is 38.5 Å². The van der Waals surface area contributed by atoms with E-state index in [-0.39, 0.29) is 35.7 Å². The number of nitrogens with zero attached hydrogens (tertiary/aromatic N) is 5. The number of carbonyl (C=O) groups is 4. The minimum atomic E-state index is -1.14. The predicted molar refractivity (Wildman–Crippen MR) is 243 cm³/mol. The quantitative estimate of drug-likeness (QED) is 0.0991. The lowest BCUT2D eigenvalue weighted by Crippen LogP contribution is -2.53. The average molecular weight is 883 g/mol. The van der Waals surface area contributed by atoms with Crippen molar-refractivity contribution in [2.24, 2.45) is 11.8 Å². The summed E-state index contributed by atoms with van der Waals surface area (Å²) < 4.78 is 16.9. The standard InChI is InChI=1S/C49H54N8O8/c1-26(2)43(55(4)49(61)62)47(59)57-27(3)12-17-38(57)44-50-22-37(52-44)31-13-15-33-32(19-31)25-65-40-21-34-30(20-35(33)40)14-16-36-42(34)53-45(51-36)39-18-28(24-63-5)23-56(39)46(58)41(54-48(60)64-6)29-10-8-7-9-11-29/h7-11,13-16,19-22,26-28,38-39,41,43H,12,17-18,23-25H2,1-6H3,(H,50,52)(H,51,53)(H,54,60)(H,61,62)/t27-,28-,38-,39-,41+,43-/m0/s1. The molecule has 0 radical (unpaired) electrons. The van der Waals surface area contributed by atoms with E-state index < -0.39 is 30.3 Å². The van der Waals surface area contributed by atoms with Gasteiger partial charge in [-0.1, -0.05) is 62.4 Å². The number of ether oxygens (including phenoxy) is 3. The molecule has 2 saturated heterocycles. The summed E-state index contributed by atoms with van der Waals surface area (Å²) in [6.07, 6.45) is 2.08. The maximum Gasteiger partial charge on any atom is 0.407 e. The fourth-order valence-corrected chi connectivity index (χ4v) is 10.1. The third-order valence-corrected chi connectivity index (χ3v) is 13.3. The first-order valence-electron chi connectivity index (χ1n) is 22.1. The molecule has 0 bridgehead atoms. The van der Waals surface area contributed by atoms with Gasteiger partial charge in [0.2, 0.25) is 5.91 Å². The molecule has 4 amide bonds. The number of carbonyl (C=O) groups excluding carboxylic acids is 3. The summed E-state index contributed by atoms with van der Waals surface area (Å²) in [5, 5.41) is 14.4. The van der Waals surface area contributed by atoms with Crippen molar-refractivity contribution in [1.82, 2.24) is 40.0 Å². The number of aromatic amines is 2. The molecule has 6 aromatic rings. The number of hydrogen-bond acceptors (Lipinski definition) is 9. The lowest BCUT2D eigenvalue weighted by Gasteiger charge is -2.36. The number of rotatable bonds is 11. The fourth-order valence-electron chi connectivity index (χ4n) is 10.1. The molecule has 0 saturated carbocycles. The Balaban J connectivity index is 0.986. The van der Waals surface area contributed by atoms with E-state index in [0.29, 0.717) is 43.4 Å². The van der Waals surface area contributed by atoms with Crippen molar-refractivity contribution in [3.8, 4) is 28.1 Å². The SMILES string of the molecule is COC[C@H]1C[C@@H](c2nc3c(ccc4cc5c(cc43)OCc3cc(-c4cnc([C@@H]6CC[C@H](C)N6C(=O)[C@H](C(C)C)N(C)C(=O)O)[nH]4)ccc3-5)[nH]2)N(C(=O)[C@H](NC(=O)OC)c2ccccc2)C1. The number of methoxy groups -OCH3 is 2. The van der Waals surface area contributed by atoms with E-state index in [1.807, 2.05) is 68.1 Å². The van der Waals surface area contributed by atoms with Gasteiger partial charge >= 0.3 is 12.2 Å². The largest absolute Gasteiger partial charge is 0.488 e. The number of imidazole rings is 2. The molecule has 16 nitrogen and oxygen atoms in total. The van der Waals surface area contributed by atoms with Gasteiger partial charge in [0, 0.05) is 43.6 Å². The van der Waals surface area contributed by atoms with Crippen LogP contribution in [0.25, 0.3) is 44.2 Å². The van der Waals surface area contributed by atoms with E-state index in [0.717, 1.165) is 73.2 Å². The molecule has 9 rings (SSSR count). The van der Waals surface area contributed by atoms with Crippen LogP contribution in [-0.2, 0) is 25.7 Å². The van der Waals surface area contributed by atoms with Crippen molar-refractivity contribution in [1.29, 1.82) is 0 Å². The van der Waals surface area contributed by atoms with Crippen LogP contribution in [0.5, 0.6) is 5.75 Å². The van der Waals surface area contributed by atoms with Crippen molar-refractivity contribution in [3.05, 3.63) is 102 Å². The first kappa shape index (κ1) is 43.3. The molecule has 338 valence electrons. The van der Waals surface area contributed by atoms with Crippen LogP contribution in [0.2, 0.25) is 0 Å². The monoisotopic (exact) mass is 882 g/mol. The van der Waals surface area contributed by atoms with Gasteiger partial charge in [-0.25, -0.2) is 19.6 Å². The summed E-state index contributed by atoms with van der Waals surface area (Å²) in [5.41, 5.74) is 7.01. The summed E-state index contributed by atoms with van der Waals surface area (Å²) in [6.45, 7) is 6.98. The Morgan fingerprint density at radius 1 is 0.954 bits per heavy atom. The fraction of sp³-hybridized carbons (Fsp3) is 0.388. The number of amides is 4. The Bertz CT molecular complexity index is 2790. The first-order chi connectivity index (χ1) is 31.3. The molecule has 6 atom stereocenters. The van der Waals surface area contributed by atoms with Gasteiger partial charge in [0.05, 0.1) is 48.7 Å². The average Bonchev–Trinajstić information content (AvgIpc) is 4.13. The van der Waals surface area contributed by atoms with Crippen LogP contribution in [0, 0.1) is 11.8 Å². The van der Waals surface area contributed by atoms with Crippen molar-refractivity contribution in [3.63, 3.8) is 0 Å². The number of carboxylic acid groups (broad SMARTS) is 1. The van der Waals surface area contributed by atoms with Gasteiger partial charge in [0.25, 0.3) is 5.91 Å². The Kier molecular flexibility index (Phi) is 11.7. The van der Waals surface area contributed by atoms with Crippen LogP contribution < -0.4 is 10.1 Å². The molecule has 0 aliphatic carbocycles. The number of likely N-dealkylation sites (tertiary alicyclic amines) is 2. The predicted octanol–water partition coefficient (Wildman–Crippen LogP) is 7.99. The third kappa shape index (κ3) is 8.00. The van der Waals surface area contributed by atoms with Crippen molar-refractivity contribution in [2.75, 3.05) is 34.4 Å². The number of alkyl carbamates (subject to hydrolysis) is 1. The molecule has 16 heteroatoms. The van der Waals surface area contributed by atoms with Gasteiger partial charge in [-0.05, 0) is 84.0 Å². The van der Waals surface area contributed by atoms with Gasteiger partial charge in [-0.15, -0.1) is 0 Å². The maximum absolute atomic E-state index is 14.4. The lowest BCUT2D eigenvalue weighted by atomic mass is 9.92. The van der Waals surface area contributed by atoms with E-state index in [1.165, 1.54) is 14.2 Å². The highest BCUT2D eigenvalue weighted by Crippen LogP contribution is 2.44. The van der Waals surface area contributed by atoms with Crippen LogP contribution in [0.15, 0.2) is 79.0 Å². The molecule has 2 aromatic heterocycles. The summed E-state index contributed by atoms with van der Waals surface area (Å²) in [4.78, 5) is 74.4. The summed E-state index contributed by atoms with van der Waals surface area (Å²) >= 11 is 0. The van der Waals surface area contributed by atoms with Crippen LogP contribution in [0.4, 0.5) is 9.59 Å². The zero-order valence-electron chi connectivity index (χ0n) is 37.3. The zero-order chi connectivity index (χ0) is 45.7. The van der Waals surface area contributed by atoms with E-state index in [1.54, 1.807) is 18.2 Å². The van der Waals surface area contributed by atoms with Crippen LogP contribution in [0.3, 0.4) is 0 Å². The Hall–Kier alpha value is -6.94. The maximum atomic E-state index is 14.4. The smallest absolute Gasteiger partial charge is 0.407 e. The van der Waals surface area contributed by atoms with Crippen molar-refractivity contribution >= 4 is 45.8 Å². The minimum Gasteiger partial charge on any atom is -0.488 e. The van der Waals surface area contributed by atoms with Gasteiger partial charge in [-0.2, -0.15) is 0 Å². The summed E-state index contributed by atoms with van der Waals surface area (Å²) in [6, 6.07) is 21.1. The summed E-state index contributed by atoms with van der Waals surface area (Å²) in [5.74, 6) is 1.43. The second kappa shape index (κ2) is 17.6. The highest BCUT2D eigenvalue weighted by molar-refractivity contribution is 6.07. The topological polar surface area (TPSA) is 195 Å². The number of fused-ring (bicyclic) bond motifs is 6. The molecule has 3 aliphatic heterocycles. The Morgan fingerprint density at radius 3 is 2.49 bits per heavy atom. The molecular weight excluding hydrogens is 829 g/mol. The minimum absolute atomic E-state index is 0.0546. The van der Waals surface area contributed by atoms with E-state index >= 15 is 0 Å². The zero-order valence-corrected chi connectivity index (χ0v) is 37.3. The number of benzene rings is 4. The molecule has 2 fully saturated rings. The molecule has 4 N–H and O–H groups in total. The van der Waals surface area contributed by atoms with Crippen LogP contribution in [-0.4, -0.2) is 110 Å². The third-order valence-electron chi connectivity index (χ3n) is 13.3. The highest BCUT2D eigenvalue weighted by atomic mass is 16.5. The highest BCUT2D eigenvalue weighted by Gasteiger charge is 2.44. The number of hydrogen-bond donors (Lipinski definition) is 4. The molecular formula is C49H54N8O8. The van der Waals surface area contributed by atoms with Crippen LogP contribution >= 0.6 is 0 Å². The molecule has 65 heavy (non-hydrogen) atoms. The van der Waals surface area contributed by atoms with E-state index in [9.17, 15) is 24.3 Å². The van der Waals surface area contributed by atoms with Gasteiger partial charge in [0.15, 0.2) is 0 Å². The number of nitrogens with one attached hydrogen (secondary N) is 3. The molecule has 5 heterocycles. The second-order valence-electron chi connectivity index (χ2n) is 17.8. The normalized spacial score (nSPS) is 20.0. The first-order valence-corrected chi connectivity index (χ1v) is 22.1. The number of aromatic nitrogens is 4. The van der Waals surface area contributed by atoms with Gasteiger partial charge in [-0.3, -0.25) is 14.5 Å². The van der Waals surface area contributed by atoms with Crippen molar-refractivity contribution in [2.45, 2.75) is 76.8 Å².